The fourth-order valence-electron chi connectivity index (χ4n) is 7.15. The Labute approximate surface area is 252 Å². The van der Waals surface area contributed by atoms with Gasteiger partial charge < -0.3 is 9.13 Å². The van der Waals surface area contributed by atoms with Gasteiger partial charge in [0.25, 0.3) is 0 Å². The zero-order chi connectivity index (χ0) is 29.4. The maximum Gasteiger partial charge on any atom is 0.101 e. The average molecular weight is 559 g/mol. The number of fused-ring (bicyclic) bond motifs is 10. The lowest BCUT2D eigenvalue weighted by atomic mass is 10.00. The van der Waals surface area contributed by atoms with Crippen molar-refractivity contribution < 1.29 is 0 Å². The molecule has 0 radical (unpaired) electrons. The first kappa shape index (κ1) is 24.3. The summed E-state index contributed by atoms with van der Waals surface area (Å²) in [6.45, 7) is 0. The summed E-state index contributed by atoms with van der Waals surface area (Å²) in [5.74, 6) is 0. The van der Waals surface area contributed by atoms with Gasteiger partial charge in [0.2, 0.25) is 0 Å². The molecule has 7 aromatic carbocycles. The molecule has 4 nitrogen and oxygen atoms in total. The third-order valence-corrected chi connectivity index (χ3v) is 8.94. The first-order valence-corrected chi connectivity index (χ1v) is 14.6. The molecule has 0 atom stereocenters. The largest absolute Gasteiger partial charge is 0.309 e. The fraction of sp³-hybridized carbons (Fsp3) is 0. The van der Waals surface area contributed by atoms with Crippen LogP contribution in [0, 0.1) is 22.7 Å². The van der Waals surface area contributed by atoms with Gasteiger partial charge in [0.15, 0.2) is 0 Å². The molecule has 0 aliphatic heterocycles. The molecule has 4 heteroatoms. The van der Waals surface area contributed by atoms with Crippen molar-refractivity contribution in [1.29, 1.82) is 10.5 Å². The zero-order valence-electron chi connectivity index (χ0n) is 23.5. The van der Waals surface area contributed by atoms with Gasteiger partial charge in [-0.1, -0.05) is 97.1 Å². The molecule has 0 bridgehead atoms. The van der Waals surface area contributed by atoms with Crippen molar-refractivity contribution in [3.63, 3.8) is 0 Å². The molecule has 0 saturated heterocycles. The zero-order valence-corrected chi connectivity index (χ0v) is 23.5. The molecule has 9 aromatic rings. The SMILES string of the molecule is N#Cc1cc(-n2c3ccc4ccccc4c3c3c4ccccc4ccc32)cc(C#N)c1-n1c2ccccc2c2ccccc21. The first-order chi connectivity index (χ1) is 21.8. The summed E-state index contributed by atoms with van der Waals surface area (Å²) in [4.78, 5) is 0. The van der Waals surface area contributed by atoms with Crippen LogP contribution < -0.4 is 0 Å². The molecule has 0 spiro atoms. The number of rotatable bonds is 2. The summed E-state index contributed by atoms with van der Waals surface area (Å²) in [6, 6.07) is 50.7. The van der Waals surface area contributed by atoms with Crippen molar-refractivity contribution >= 4 is 65.2 Å². The van der Waals surface area contributed by atoms with Crippen molar-refractivity contribution in [3.05, 3.63) is 145 Å². The van der Waals surface area contributed by atoms with E-state index in [9.17, 15) is 10.5 Å². The molecule has 44 heavy (non-hydrogen) atoms. The van der Waals surface area contributed by atoms with E-state index in [1.807, 2.05) is 36.4 Å². The molecule has 2 aromatic heterocycles. The van der Waals surface area contributed by atoms with Crippen molar-refractivity contribution in [2.24, 2.45) is 0 Å². The lowest BCUT2D eigenvalue weighted by molar-refractivity contribution is 1.12. The van der Waals surface area contributed by atoms with Crippen LogP contribution in [-0.2, 0) is 0 Å². The molecular weight excluding hydrogens is 536 g/mol. The van der Waals surface area contributed by atoms with Crippen LogP contribution in [0.1, 0.15) is 11.1 Å². The van der Waals surface area contributed by atoms with Gasteiger partial charge in [-0.3, -0.25) is 0 Å². The maximum atomic E-state index is 10.6. The normalized spacial score (nSPS) is 11.6. The van der Waals surface area contributed by atoms with Gasteiger partial charge in [-0.15, -0.1) is 0 Å². The molecule has 0 aliphatic carbocycles. The summed E-state index contributed by atoms with van der Waals surface area (Å²) in [5, 5.41) is 30.4. The van der Waals surface area contributed by atoms with Crippen LogP contribution in [0.3, 0.4) is 0 Å². The van der Waals surface area contributed by atoms with Crippen LogP contribution in [0.2, 0.25) is 0 Å². The summed E-state index contributed by atoms with van der Waals surface area (Å²) in [5.41, 5.74) is 6.28. The van der Waals surface area contributed by atoms with Gasteiger partial charge in [0, 0.05) is 27.2 Å². The molecule has 0 N–H and O–H groups in total. The lowest BCUT2D eigenvalue weighted by Crippen LogP contribution is -2.04. The molecule has 0 fully saturated rings. The highest BCUT2D eigenvalue weighted by atomic mass is 15.0. The molecule has 2 heterocycles. The number of hydrogen-bond donors (Lipinski definition) is 0. The fourth-order valence-corrected chi connectivity index (χ4v) is 7.15. The second-order valence-corrected chi connectivity index (χ2v) is 11.2. The molecule has 9 rings (SSSR count). The van der Waals surface area contributed by atoms with Gasteiger partial charge in [-0.05, 0) is 57.9 Å². The van der Waals surface area contributed by atoms with Crippen LogP contribution in [0.25, 0.3) is 76.5 Å². The smallest absolute Gasteiger partial charge is 0.101 e. The van der Waals surface area contributed by atoms with Gasteiger partial charge in [0.05, 0.1) is 38.9 Å². The Morgan fingerprint density at radius 3 is 1.32 bits per heavy atom. The Morgan fingerprint density at radius 1 is 0.409 bits per heavy atom. The van der Waals surface area contributed by atoms with Crippen LogP contribution in [0.15, 0.2) is 133 Å². The minimum atomic E-state index is 0.446. The minimum Gasteiger partial charge on any atom is -0.309 e. The molecule has 0 amide bonds. The van der Waals surface area contributed by atoms with E-state index >= 15 is 0 Å². The van der Waals surface area contributed by atoms with Crippen LogP contribution in [0.4, 0.5) is 0 Å². The highest BCUT2D eigenvalue weighted by Crippen LogP contribution is 2.42. The van der Waals surface area contributed by atoms with Crippen LogP contribution in [-0.4, -0.2) is 9.13 Å². The van der Waals surface area contributed by atoms with Crippen LogP contribution >= 0.6 is 0 Å². The van der Waals surface area contributed by atoms with E-state index in [4.69, 9.17) is 0 Å². The van der Waals surface area contributed by atoms with Crippen LogP contribution in [0.5, 0.6) is 0 Å². The minimum absolute atomic E-state index is 0.446. The van der Waals surface area contributed by atoms with Crippen molar-refractivity contribution in [1.82, 2.24) is 9.13 Å². The Bertz CT molecular complexity index is 2560. The topological polar surface area (TPSA) is 57.4 Å². The number of para-hydroxylation sites is 2. The molecule has 202 valence electrons. The number of hydrogen-bond acceptors (Lipinski definition) is 2. The van der Waals surface area contributed by atoms with E-state index < -0.39 is 0 Å². The standard InChI is InChI=1S/C40H22N4/c41-23-27-21-29(22-28(24-42)40(27)44-34-15-7-5-13-32(34)33-14-6-8-16-35(33)44)43-36-19-17-25-9-1-3-11-30(25)38(36)39-31-12-4-2-10-26(31)18-20-37(39)43/h1-22H. The van der Waals surface area contributed by atoms with Gasteiger partial charge in [-0.25, -0.2) is 0 Å². The summed E-state index contributed by atoms with van der Waals surface area (Å²) in [6.07, 6.45) is 0. The molecule has 0 saturated carbocycles. The molecular formula is C40H22N4. The molecule has 0 aliphatic rings. The predicted molar refractivity (Wildman–Crippen MR) is 180 cm³/mol. The second-order valence-electron chi connectivity index (χ2n) is 11.2. The first-order valence-electron chi connectivity index (χ1n) is 14.6. The highest BCUT2D eigenvalue weighted by Gasteiger charge is 2.22. The predicted octanol–water partition coefficient (Wildman–Crippen LogP) is 9.93. The summed E-state index contributed by atoms with van der Waals surface area (Å²) >= 11 is 0. The lowest BCUT2D eigenvalue weighted by Gasteiger charge is -2.15. The van der Waals surface area contributed by atoms with E-state index in [2.05, 4.69) is 118 Å². The van der Waals surface area contributed by atoms with Gasteiger partial charge in [-0.2, -0.15) is 10.5 Å². The third-order valence-electron chi connectivity index (χ3n) is 8.94. The maximum absolute atomic E-state index is 10.6. The van der Waals surface area contributed by atoms with Gasteiger partial charge >= 0.3 is 0 Å². The summed E-state index contributed by atoms with van der Waals surface area (Å²) in [7, 11) is 0. The Hall–Kier alpha value is -6.36. The quantitative estimate of drug-likeness (QED) is 0.212. The second kappa shape index (κ2) is 9.07. The monoisotopic (exact) mass is 558 g/mol. The average Bonchev–Trinajstić information content (AvgIpc) is 3.61. The van der Waals surface area contributed by atoms with E-state index in [0.717, 1.165) is 38.5 Å². The van der Waals surface area contributed by atoms with Crippen molar-refractivity contribution in [2.45, 2.75) is 0 Å². The van der Waals surface area contributed by atoms with E-state index in [0.29, 0.717) is 16.8 Å². The molecule has 0 unspecified atom stereocenters. The number of benzene rings is 7. The summed E-state index contributed by atoms with van der Waals surface area (Å²) < 4.78 is 4.28. The van der Waals surface area contributed by atoms with Crippen molar-refractivity contribution in [3.8, 4) is 23.5 Å². The van der Waals surface area contributed by atoms with Crippen molar-refractivity contribution in [2.75, 3.05) is 0 Å². The number of aromatic nitrogens is 2. The van der Waals surface area contributed by atoms with Gasteiger partial charge in [0.1, 0.15) is 12.1 Å². The van der Waals surface area contributed by atoms with E-state index in [1.54, 1.807) is 0 Å². The Balaban J connectivity index is 1.43. The Kier molecular flexibility index (Phi) is 5.00. The highest BCUT2D eigenvalue weighted by molar-refractivity contribution is 6.28. The Morgan fingerprint density at radius 2 is 0.841 bits per heavy atom. The number of nitriles is 2. The third kappa shape index (κ3) is 3.20. The number of nitrogens with zero attached hydrogens (tertiary/aromatic N) is 4. The van der Waals surface area contributed by atoms with E-state index in [1.165, 1.54) is 32.3 Å². The van der Waals surface area contributed by atoms with E-state index in [-0.39, 0.29) is 0 Å².